The number of carbonyl (C=O) groups excluding carboxylic acids is 1. The van der Waals surface area contributed by atoms with Crippen molar-refractivity contribution in [3.05, 3.63) is 12.2 Å². The lowest BCUT2D eigenvalue weighted by Gasteiger charge is -2.51. The summed E-state index contributed by atoms with van der Waals surface area (Å²) >= 11 is 0. The summed E-state index contributed by atoms with van der Waals surface area (Å²) in [5, 5.41) is 15.3. The summed E-state index contributed by atoms with van der Waals surface area (Å²) in [5.41, 5.74) is 5.96. The van der Waals surface area contributed by atoms with Crippen LogP contribution in [0.4, 0.5) is 0 Å². The molecular weight excluding hydrogens is 448 g/mol. The van der Waals surface area contributed by atoms with Crippen LogP contribution in [0, 0.1) is 0 Å². The summed E-state index contributed by atoms with van der Waals surface area (Å²) in [7, 11) is -5.57. The average Bonchev–Trinajstić information content (AvgIpc) is 3.27. The molecule has 182 valence electrons. The molecule has 3 N–H and O–H groups in total. The molecule has 0 spiro atoms. The molecule has 3 heterocycles. The summed E-state index contributed by atoms with van der Waals surface area (Å²) in [5.74, 6) is -0.879. The van der Waals surface area contributed by atoms with Crippen LogP contribution in [0.2, 0.25) is 22.2 Å². The number of carbonyl (C=O) groups is 1. The Morgan fingerprint density at radius 1 is 1.09 bits per heavy atom. The molecule has 0 saturated carbocycles. The molecule has 2 fully saturated rings. The molecule has 0 bridgehead atoms. The Hall–Kier alpha value is -1.16. The van der Waals surface area contributed by atoms with E-state index in [9.17, 15) is 9.90 Å². The minimum absolute atomic E-state index is 0.133. The second kappa shape index (κ2) is 9.24. The highest BCUT2D eigenvalue weighted by Gasteiger charge is 2.61. The number of primary amides is 1. The highest BCUT2D eigenvalue weighted by atomic mass is 28.5. The topological polar surface area (TPSA) is 131 Å². The Balaban J connectivity index is 2.03. The van der Waals surface area contributed by atoms with Gasteiger partial charge in [0.1, 0.15) is 24.6 Å². The minimum Gasteiger partial charge on any atom is -0.414 e. The fourth-order valence-corrected chi connectivity index (χ4v) is 16.1. The second-order valence-electron chi connectivity index (χ2n) is 10.0. The zero-order chi connectivity index (χ0) is 24.0. The number of amides is 1. The lowest BCUT2D eigenvalue weighted by atomic mass is 10.1. The number of hydrogen-bond acceptors (Lipinski definition) is 8. The molecule has 2 saturated heterocycles. The first-order chi connectivity index (χ1) is 14.9. The minimum atomic E-state index is -2.87. The van der Waals surface area contributed by atoms with Gasteiger partial charge in [-0.3, -0.25) is 4.79 Å². The molecule has 3 rings (SSSR count). The standard InChI is InChI=1S/C20H38N4O6Si2/c1-11(2)31(12(3)4)27-9-15-17(29-32(30-31,13(5)6)14(7)8)16(25)20(28-15)24-10-22-19(23-24)18(21)26/h10-17,20,25H,9H2,1-8H3,(H2,21,26)/t15?,16-,17-,20?/m1/s1. The van der Waals surface area contributed by atoms with Crippen molar-refractivity contribution in [3.8, 4) is 0 Å². The van der Waals surface area contributed by atoms with Gasteiger partial charge in [0.15, 0.2) is 6.23 Å². The second-order valence-corrected chi connectivity index (χ2v) is 18.9. The molecule has 2 aliphatic rings. The van der Waals surface area contributed by atoms with Crippen LogP contribution in [-0.2, 0) is 17.7 Å². The highest BCUT2D eigenvalue weighted by molar-refractivity contribution is 6.83. The number of nitrogens with two attached hydrogens (primary N) is 1. The van der Waals surface area contributed by atoms with Crippen molar-refractivity contribution in [3.63, 3.8) is 0 Å². The SMILES string of the molecule is CC(C)[Si]1(C(C)C)OCC2OC(n3cnc(C(N)=O)n3)[C@H](O)[C@@H]2O[Si](C(C)C)(C(C)C)O1. The van der Waals surface area contributed by atoms with Crippen molar-refractivity contribution >= 4 is 23.0 Å². The van der Waals surface area contributed by atoms with Crippen LogP contribution < -0.4 is 5.73 Å². The average molecular weight is 487 g/mol. The molecule has 4 atom stereocenters. The van der Waals surface area contributed by atoms with Crippen molar-refractivity contribution in [2.45, 2.75) is 102 Å². The molecule has 1 amide bonds. The van der Waals surface area contributed by atoms with E-state index >= 15 is 0 Å². The van der Waals surface area contributed by atoms with E-state index in [4.69, 9.17) is 23.4 Å². The quantitative estimate of drug-likeness (QED) is 0.587. The molecule has 2 unspecified atom stereocenters. The van der Waals surface area contributed by atoms with Gasteiger partial charge >= 0.3 is 17.1 Å². The van der Waals surface area contributed by atoms with E-state index in [2.05, 4.69) is 65.5 Å². The largest absolute Gasteiger partial charge is 0.414 e. The van der Waals surface area contributed by atoms with Crippen LogP contribution in [0.25, 0.3) is 0 Å². The zero-order valence-corrected chi connectivity index (χ0v) is 22.3. The molecule has 2 aliphatic heterocycles. The molecule has 12 heteroatoms. The van der Waals surface area contributed by atoms with E-state index in [1.165, 1.54) is 11.0 Å². The van der Waals surface area contributed by atoms with Crippen LogP contribution in [0.5, 0.6) is 0 Å². The first-order valence-electron chi connectivity index (χ1n) is 11.4. The molecule has 0 radical (unpaired) electrons. The Morgan fingerprint density at radius 2 is 1.66 bits per heavy atom. The number of rotatable bonds is 6. The van der Waals surface area contributed by atoms with Gasteiger partial charge < -0.3 is 28.5 Å². The third kappa shape index (κ3) is 4.21. The lowest BCUT2D eigenvalue weighted by Crippen LogP contribution is -2.65. The van der Waals surface area contributed by atoms with Crippen LogP contribution in [0.15, 0.2) is 6.33 Å². The maximum absolute atomic E-state index is 11.4. The maximum Gasteiger partial charge on any atom is 0.335 e. The van der Waals surface area contributed by atoms with Gasteiger partial charge in [0.2, 0.25) is 5.82 Å². The number of aromatic nitrogens is 3. The van der Waals surface area contributed by atoms with Crippen molar-refractivity contribution in [1.29, 1.82) is 0 Å². The summed E-state index contributed by atoms with van der Waals surface area (Å²) in [6, 6.07) is 0. The Morgan fingerprint density at radius 3 is 2.12 bits per heavy atom. The molecule has 0 aromatic carbocycles. The first kappa shape index (κ1) is 25.5. The molecule has 32 heavy (non-hydrogen) atoms. The van der Waals surface area contributed by atoms with E-state index < -0.39 is 47.6 Å². The predicted octanol–water partition coefficient (Wildman–Crippen LogP) is 2.59. The van der Waals surface area contributed by atoms with Gasteiger partial charge in [-0.05, 0) is 22.2 Å². The van der Waals surface area contributed by atoms with E-state index in [0.717, 1.165) is 0 Å². The number of ether oxygens (including phenoxy) is 1. The number of nitrogens with zero attached hydrogens (tertiary/aromatic N) is 3. The van der Waals surface area contributed by atoms with Crippen LogP contribution in [0.1, 0.15) is 72.2 Å². The fourth-order valence-electron chi connectivity index (χ4n) is 4.87. The third-order valence-corrected chi connectivity index (χ3v) is 16.9. The van der Waals surface area contributed by atoms with Crippen LogP contribution >= 0.6 is 0 Å². The van der Waals surface area contributed by atoms with Crippen LogP contribution in [0.3, 0.4) is 0 Å². The van der Waals surface area contributed by atoms with Gasteiger partial charge in [-0.1, -0.05) is 55.4 Å². The zero-order valence-electron chi connectivity index (χ0n) is 20.3. The van der Waals surface area contributed by atoms with Crippen molar-refractivity contribution in [2.75, 3.05) is 6.61 Å². The molecular formula is C20H38N4O6Si2. The maximum atomic E-state index is 11.4. The number of aliphatic hydroxyl groups excluding tert-OH is 1. The van der Waals surface area contributed by atoms with E-state index in [1.54, 1.807) is 0 Å². The normalized spacial score (nSPS) is 30.0. The van der Waals surface area contributed by atoms with E-state index in [1.807, 2.05) is 0 Å². The first-order valence-corrected chi connectivity index (χ1v) is 15.4. The predicted molar refractivity (Wildman–Crippen MR) is 122 cm³/mol. The lowest BCUT2D eigenvalue weighted by molar-refractivity contribution is -0.0631. The van der Waals surface area contributed by atoms with Crippen LogP contribution in [-0.4, -0.2) is 67.8 Å². The van der Waals surface area contributed by atoms with E-state index in [0.29, 0.717) is 0 Å². The number of hydrogen-bond donors (Lipinski definition) is 2. The van der Waals surface area contributed by atoms with Gasteiger partial charge in [-0.15, -0.1) is 5.10 Å². The fraction of sp³-hybridized carbons (Fsp3) is 0.850. The molecule has 10 nitrogen and oxygen atoms in total. The van der Waals surface area contributed by atoms with Gasteiger partial charge in [0.25, 0.3) is 5.91 Å². The summed E-state index contributed by atoms with van der Waals surface area (Å²) in [6.45, 7) is 17.4. The Labute approximate surface area is 192 Å². The molecule has 0 aliphatic carbocycles. The number of aliphatic hydroxyl groups is 1. The Kier molecular flexibility index (Phi) is 7.35. The Bertz CT molecular complexity index is 802. The molecule has 1 aromatic heterocycles. The highest BCUT2D eigenvalue weighted by Crippen LogP contribution is 2.48. The molecule has 1 aromatic rings. The van der Waals surface area contributed by atoms with Gasteiger partial charge in [-0.2, -0.15) is 0 Å². The number of fused-ring (bicyclic) bond motifs is 1. The third-order valence-electron chi connectivity index (χ3n) is 6.63. The van der Waals surface area contributed by atoms with Crippen molar-refractivity contribution in [1.82, 2.24) is 14.8 Å². The summed E-state index contributed by atoms with van der Waals surface area (Å²) in [4.78, 5) is 15.3. The van der Waals surface area contributed by atoms with Crippen molar-refractivity contribution in [2.24, 2.45) is 5.73 Å². The van der Waals surface area contributed by atoms with E-state index in [-0.39, 0.29) is 34.6 Å². The van der Waals surface area contributed by atoms with Gasteiger partial charge in [0.05, 0.1) is 6.61 Å². The van der Waals surface area contributed by atoms with Gasteiger partial charge in [-0.25, -0.2) is 9.67 Å². The van der Waals surface area contributed by atoms with Gasteiger partial charge in [0, 0.05) is 0 Å². The van der Waals surface area contributed by atoms with Crippen molar-refractivity contribution < 1.29 is 27.6 Å². The summed E-state index contributed by atoms with van der Waals surface area (Å²) in [6.07, 6.45) is -1.72. The monoisotopic (exact) mass is 486 g/mol. The summed E-state index contributed by atoms with van der Waals surface area (Å²) < 4.78 is 28.1. The smallest absolute Gasteiger partial charge is 0.335 e.